The van der Waals surface area contributed by atoms with Crippen LogP contribution in [0.25, 0.3) is 0 Å². The maximum absolute atomic E-state index is 4.24. The van der Waals surface area contributed by atoms with Gasteiger partial charge in [-0.3, -0.25) is 0 Å². The van der Waals surface area contributed by atoms with Crippen molar-refractivity contribution in [1.82, 2.24) is 14.9 Å². The summed E-state index contributed by atoms with van der Waals surface area (Å²) < 4.78 is 2.01. The van der Waals surface area contributed by atoms with Crippen molar-refractivity contribution < 1.29 is 0 Å². The molecule has 0 aliphatic heterocycles. The Morgan fingerprint density at radius 2 is 1.71 bits per heavy atom. The standard InChI is InChI=1S/C10H10N2S.C9H13NS/c1-12-8-7-11-10(12)13-9-5-3-2-4-6-9;1-8-3-5-9(6-4-8)11-7-10-2/h2-8H,1H3;3-6,10H,7H2,1-2H3. The largest absolute Gasteiger partial charge is 0.329 e. The first-order valence-corrected chi connectivity index (χ1v) is 9.53. The van der Waals surface area contributed by atoms with E-state index < -0.39 is 0 Å². The van der Waals surface area contributed by atoms with Gasteiger partial charge in [-0.15, -0.1) is 11.8 Å². The van der Waals surface area contributed by atoms with Gasteiger partial charge in [-0.2, -0.15) is 0 Å². The van der Waals surface area contributed by atoms with E-state index >= 15 is 0 Å². The molecule has 0 amide bonds. The molecule has 3 nitrogen and oxygen atoms in total. The Labute approximate surface area is 152 Å². The van der Waals surface area contributed by atoms with Gasteiger partial charge in [0.25, 0.3) is 0 Å². The van der Waals surface area contributed by atoms with Gasteiger partial charge in [0.1, 0.15) is 0 Å². The molecule has 0 aliphatic carbocycles. The van der Waals surface area contributed by atoms with E-state index in [-0.39, 0.29) is 0 Å². The highest BCUT2D eigenvalue weighted by Crippen LogP contribution is 2.24. The summed E-state index contributed by atoms with van der Waals surface area (Å²) in [6.07, 6.45) is 3.76. The third-order valence-electron chi connectivity index (χ3n) is 3.13. The Morgan fingerprint density at radius 1 is 1.00 bits per heavy atom. The average Bonchev–Trinajstić information content (AvgIpc) is 3.01. The topological polar surface area (TPSA) is 29.9 Å². The first kappa shape index (κ1) is 18.6. The van der Waals surface area contributed by atoms with Gasteiger partial charge in [0.05, 0.1) is 0 Å². The van der Waals surface area contributed by atoms with E-state index in [0.29, 0.717) is 0 Å². The van der Waals surface area contributed by atoms with E-state index in [9.17, 15) is 0 Å². The lowest BCUT2D eigenvalue weighted by molar-refractivity contribution is 0.790. The van der Waals surface area contributed by atoms with Crippen LogP contribution < -0.4 is 5.32 Å². The number of hydrogen-bond donors (Lipinski definition) is 1. The monoisotopic (exact) mass is 357 g/mol. The molecular weight excluding hydrogens is 334 g/mol. The molecule has 0 saturated carbocycles. The van der Waals surface area contributed by atoms with Crippen molar-refractivity contribution in [3.8, 4) is 0 Å². The second-order valence-electron chi connectivity index (χ2n) is 5.19. The van der Waals surface area contributed by atoms with Crippen LogP contribution in [0, 0.1) is 6.92 Å². The molecule has 3 aromatic rings. The third kappa shape index (κ3) is 6.43. The molecule has 0 aliphatic rings. The summed E-state index contributed by atoms with van der Waals surface area (Å²) in [5, 5.41) is 4.11. The highest BCUT2D eigenvalue weighted by Gasteiger charge is 2.00. The van der Waals surface area contributed by atoms with Crippen molar-refractivity contribution in [3.05, 3.63) is 72.6 Å². The lowest BCUT2D eigenvalue weighted by Gasteiger charge is -1.99. The predicted molar refractivity (Wildman–Crippen MR) is 105 cm³/mol. The molecule has 126 valence electrons. The average molecular weight is 358 g/mol. The molecule has 24 heavy (non-hydrogen) atoms. The molecule has 0 saturated heterocycles. The minimum atomic E-state index is 0.975. The number of hydrogen-bond acceptors (Lipinski definition) is 4. The summed E-state index contributed by atoms with van der Waals surface area (Å²) in [6, 6.07) is 18.8. The van der Waals surface area contributed by atoms with Crippen molar-refractivity contribution in [2.45, 2.75) is 21.9 Å². The zero-order chi connectivity index (χ0) is 17.2. The second-order valence-corrected chi connectivity index (χ2v) is 7.28. The number of aromatic nitrogens is 2. The quantitative estimate of drug-likeness (QED) is 0.523. The lowest BCUT2D eigenvalue weighted by atomic mass is 10.2. The van der Waals surface area contributed by atoms with Gasteiger partial charge in [0, 0.05) is 35.1 Å². The normalized spacial score (nSPS) is 10.1. The predicted octanol–water partition coefficient (Wildman–Crippen LogP) is 4.84. The second kappa shape index (κ2) is 10.2. The molecule has 0 bridgehead atoms. The summed E-state index contributed by atoms with van der Waals surface area (Å²) in [4.78, 5) is 6.78. The van der Waals surface area contributed by atoms with Crippen molar-refractivity contribution in [3.63, 3.8) is 0 Å². The van der Waals surface area contributed by atoms with E-state index in [0.717, 1.165) is 11.0 Å². The van der Waals surface area contributed by atoms with Crippen LogP contribution in [0.3, 0.4) is 0 Å². The van der Waals surface area contributed by atoms with Gasteiger partial charge in [-0.1, -0.05) is 47.7 Å². The number of nitrogens with zero attached hydrogens (tertiary/aromatic N) is 2. The van der Waals surface area contributed by atoms with Crippen molar-refractivity contribution in [2.75, 3.05) is 12.9 Å². The van der Waals surface area contributed by atoms with Crippen LogP contribution in [-0.2, 0) is 7.05 Å². The molecule has 0 atom stereocenters. The van der Waals surface area contributed by atoms with Gasteiger partial charge in [0.2, 0.25) is 0 Å². The molecule has 1 aromatic heterocycles. The number of aryl methyl sites for hydroxylation is 2. The van der Waals surface area contributed by atoms with Crippen LogP contribution in [0.5, 0.6) is 0 Å². The molecule has 1 N–H and O–H groups in total. The summed E-state index contributed by atoms with van der Waals surface area (Å²) in [7, 11) is 3.96. The molecule has 0 spiro atoms. The molecule has 2 aromatic carbocycles. The maximum Gasteiger partial charge on any atom is 0.172 e. The van der Waals surface area contributed by atoms with Gasteiger partial charge < -0.3 is 9.88 Å². The summed E-state index contributed by atoms with van der Waals surface area (Å²) in [6.45, 7) is 2.10. The van der Waals surface area contributed by atoms with Crippen LogP contribution in [0.2, 0.25) is 0 Å². The number of benzene rings is 2. The minimum Gasteiger partial charge on any atom is -0.329 e. The van der Waals surface area contributed by atoms with Gasteiger partial charge in [0.15, 0.2) is 5.16 Å². The van der Waals surface area contributed by atoms with Crippen LogP contribution in [0.15, 0.2) is 81.9 Å². The highest BCUT2D eigenvalue weighted by molar-refractivity contribution is 7.99. The first-order chi connectivity index (χ1) is 11.7. The summed E-state index contributed by atoms with van der Waals surface area (Å²) in [5.74, 6) is 0.975. The molecule has 3 rings (SSSR count). The van der Waals surface area contributed by atoms with Crippen molar-refractivity contribution in [2.24, 2.45) is 7.05 Å². The molecular formula is C19H23N3S2. The SMILES string of the molecule is CNCSc1ccc(C)cc1.Cn1ccnc1Sc1ccccc1. The number of rotatable bonds is 5. The van der Waals surface area contributed by atoms with E-state index in [1.54, 1.807) is 11.8 Å². The van der Waals surface area contributed by atoms with Crippen LogP contribution in [0.1, 0.15) is 5.56 Å². The Hall–Kier alpha value is -1.69. The smallest absolute Gasteiger partial charge is 0.172 e. The Balaban J connectivity index is 0.000000177. The number of nitrogens with one attached hydrogen (secondary N) is 1. The fourth-order valence-corrected chi connectivity index (χ4v) is 3.30. The zero-order valence-electron chi connectivity index (χ0n) is 14.3. The minimum absolute atomic E-state index is 0.975. The van der Waals surface area contributed by atoms with E-state index in [4.69, 9.17) is 0 Å². The lowest BCUT2D eigenvalue weighted by Crippen LogP contribution is -2.02. The van der Waals surface area contributed by atoms with Gasteiger partial charge in [-0.25, -0.2) is 4.98 Å². The zero-order valence-corrected chi connectivity index (χ0v) is 15.9. The van der Waals surface area contributed by atoms with Crippen LogP contribution in [0.4, 0.5) is 0 Å². The van der Waals surface area contributed by atoms with Crippen LogP contribution in [-0.4, -0.2) is 22.5 Å². The molecule has 1 heterocycles. The number of imidazole rings is 1. The van der Waals surface area contributed by atoms with Gasteiger partial charge in [-0.05, 0) is 38.2 Å². The first-order valence-electron chi connectivity index (χ1n) is 7.73. The summed E-state index contributed by atoms with van der Waals surface area (Å²) in [5.41, 5.74) is 1.32. The highest BCUT2D eigenvalue weighted by atomic mass is 32.2. The molecule has 0 unspecified atom stereocenters. The molecule has 0 radical (unpaired) electrons. The Kier molecular flexibility index (Phi) is 7.95. The van der Waals surface area contributed by atoms with Crippen molar-refractivity contribution in [1.29, 1.82) is 0 Å². The Bertz CT molecular complexity index is 709. The van der Waals surface area contributed by atoms with Gasteiger partial charge >= 0.3 is 0 Å². The third-order valence-corrected chi connectivity index (χ3v) is 5.26. The Morgan fingerprint density at radius 3 is 2.29 bits per heavy atom. The fraction of sp³-hybridized carbons (Fsp3) is 0.211. The van der Waals surface area contributed by atoms with E-state index in [1.165, 1.54) is 15.4 Å². The van der Waals surface area contributed by atoms with Crippen LogP contribution >= 0.6 is 23.5 Å². The number of thioether (sulfide) groups is 1. The molecule has 0 fully saturated rings. The molecule has 5 heteroatoms. The van der Waals surface area contributed by atoms with Crippen molar-refractivity contribution >= 4 is 23.5 Å². The fourth-order valence-electron chi connectivity index (χ4n) is 1.83. The van der Waals surface area contributed by atoms with E-state index in [2.05, 4.69) is 53.6 Å². The maximum atomic E-state index is 4.24. The van der Waals surface area contributed by atoms with E-state index in [1.807, 2.05) is 61.0 Å². The summed E-state index contributed by atoms with van der Waals surface area (Å²) >= 11 is 3.49.